The molecule has 1 aromatic carbocycles. The van der Waals surface area contributed by atoms with Crippen molar-refractivity contribution in [2.75, 3.05) is 10.6 Å². The third-order valence-corrected chi connectivity index (χ3v) is 3.23. The Bertz CT molecular complexity index is 588. The van der Waals surface area contributed by atoms with Gasteiger partial charge in [-0.25, -0.2) is 0 Å². The van der Waals surface area contributed by atoms with Crippen LogP contribution < -0.4 is 5.32 Å². The first-order valence-electron chi connectivity index (χ1n) is 5.98. The first-order valence-corrected chi connectivity index (χ1v) is 7.11. The number of aromatic amines is 1. The molecule has 0 radical (unpaired) electrons. The molecule has 98 valence electrons. The Morgan fingerprint density at radius 1 is 1.42 bits per heavy atom. The summed E-state index contributed by atoms with van der Waals surface area (Å²) in [7, 11) is 0. The normalized spacial score (nSPS) is 10.8. The van der Waals surface area contributed by atoms with Crippen molar-refractivity contribution < 1.29 is 4.79 Å². The van der Waals surface area contributed by atoms with Gasteiger partial charge in [0.2, 0.25) is 5.91 Å². The molecule has 0 atom stereocenters. The number of anilines is 1. The first kappa shape index (κ1) is 13.6. The summed E-state index contributed by atoms with van der Waals surface area (Å²) in [5.41, 5.74) is 4.12. The van der Waals surface area contributed by atoms with Gasteiger partial charge in [0.25, 0.3) is 0 Å². The van der Waals surface area contributed by atoms with E-state index in [0.717, 1.165) is 22.4 Å². The van der Waals surface area contributed by atoms with Gasteiger partial charge < -0.3 is 10.3 Å². The maximum absolute atomic E-state index is 11.7. The van der Waals surface area contributed by atoms with E-state index < -0.39 is 0 Å². The van der Waals surface area contributed by atoms with Crippen LogP contribution in [0.5, 0.6) is 0 Å². The minimum Gasteiger partial charge on any atom is -0.367 e. The van der Waals surface area contributed by atoms with Gasteiger partial charge in [0, 0.05) is 29.5 Å². The Hall–Kier alpha value is -1.81. The summed E-state index contributed by atoms with van der Waals surface area (Å²) >= 11 is 3.25. The molecule has 1 amide bonds. The Balaban J connectivity index is 2.26. The van der Waals surface area contributed by atoms with Crippen LogP contribution in [0.15, 0.2) is 48.8 Å². The third kappa shape index (κ3) is 3.35. The number of carbonyl (C=O) groups excluding carboxylic acids is 1. The number of benzene rings is 1. The summed E-state index contributed by atoms with van der Waals surface area (Å²) in [5.74, 6) is -0.117. The second-order valence-electron chi connectivity index (χ2n) is 4.12. The minimum absolute atomic E-state index is 0.117. The lowest BCUT2D eigenvalue weighted by molar-refractivity contribution is -0.111. The molecular weight excluding hydrogens is 304 g/mol. The van der Waals surface area contributed by atoms with E-state index in [2.05, 4.69) is 26.2 Å². The highest BCUT2D eigenvalue weighted by atomic mass is 79.9. The molecule has 2 aromatic rings. The summed E-state index contributed by atoms with van der Waals surface area (Å²) in [6.45, 7) is 2.01. The zero-order valence-corrected chi connectivity index (χ0v) is 12.2. The Morgan fingerprint density at radius 3 is 2.95 bits per heavy atom. The molecule has 0 unspecified atom stereocenters. The lowest BCUT2D eigenvalue weighted by Gasteiger charge is -2.10. The van der Waals surface area contributed by atoms with Crippen molar-refractivity contribution in [2.24, 2.45) is 0 Å². The second-order valence-corrected chi connectivity index (χ2v) is 4.77. The van der Waals surface area contributed by atoms with Crippen molar-refractivity contribution in [3.8, 4) is 11.1 Å². The van der Waals surface area contributed by atoms with Gasteiger partial charge in [-0.05, 0) is 35.7 Å². The molecule has 0 bridgehead atoms. The molecule has 2 rings (SSSR count). The van der Waals surface area contributed by atoms with Crippen molar-refractivity contribution in [1.29, 1.82) is 0 Å². The number of allylic oxidation sites excluding steroid dienone is 1. The number of H-pyrrole nitrogens is 1. The largest absolute Gasteiger partial charge is 0.367 e. The molecule has 3 nitrogen and oxygen atoms in total. The molecule has 0 aliphatic carbocycles. The first-order chi connectivity index (χ1) is 9.22. The molecule has 0 aliphatic heterocycles. The predicted molar refractivity (Wildman–Crippen MR) is 82.5 cm³/mol. The number of alkyl halides is 1. The quantitative estimate of drug-likeness (QED) is 0.652. The monoisotopic (exact) mass is 318 g/mol. The number of amides is 1. The van der Waals surface area contributed by atoms with E-state index in [1.807, 2.05) is 43.6 Å². The van der Waals surface area contributed by atoms with Crippen LogP contribution in [0, 0.1) is 6.92 Å². The van der Waals surface area contributed by atoms with Crippen LogP contribution >= 0.6 is 15.9 Å². The molecule has 0 saturated carbocycles. The topological polar surface area (TPSA) is 44.9 Å². The number of halogens is 1. The van der Waals surface area contributed by atoms with Gasteiger partial charge in [-0.1, -0.05) is 34.1 Å². The number of aromatic nitrogens is 1. The van der Waals surface area contributed by atoms with Crippen molar-refractivity contribution >= 4 is 27.5 Å². The van der Waals surface area contributed by atoms with Gasteiger partial charge in [-0.15, -0.1) is 0 Å². The summed E-state index contributed by atoms with van der Waals surface area (Å²) in [6, 6.07) is 7.91. The van der Waals surface area contributed by atoms with E-state index in [4.69, 9.17) is 0 Å². The zero-order valence-electron chi connectivity index (χ0n) is 10.6. The fraction of sp³-hybridized carbons (Fsp3) is 0.133. The number of hydrogen-bond acceptors (Lipinski definition) is 1. The molecule has 0 fully saturated rings. The lowest BCUT2D eigenvalue weighted by Crippen LogP contribution is -2.09. The standard InChI is InChI=1S/C15H15BrN2O/c1-11-13(12-7-9-17-10-12)4-2-5-14(11)18-15(19)6-3-8-16/h2-7,9-10,17H,8H2,1H3,(H,18,19)/b6-3+. The molecule has 1 aromatic heterocycles. The van der Waals surface area contributed by atoms with Gasteiger partial charge in [-0.3, -0.25) is 4.79 Å². The van der Waals surface area contributed by atoms with Crippen LogP contribution in [0.3, 0.4) is 0 Å². The van der Waals surface area contributed by atoms with Crippen LogP contribution in [0.25, 0.3) is 11.1 Å². The van der Waals surface area contributed by atoms with Gasteiger partial charge in [0.05, 0.1) is 0 Å². The van der Waals surface area contributed by atoms with Gasteiger partial charge in [-0.2, -0.15) is 0 Å². The summed E-state index contributed by atoms with van der Waals surface area (Å²) in [4.78, 5) is 14.7. The molecule has 0 spiro atoms. The SMILES string of the molecule is Cc1c(NC(=O)/C=C/CBr)cccc1-c1cc[nH]c1. The third-order valence-electron chi connectivity index (χ3n) is 2.86. The number of carbonyl (C=O) groups is 1. The van der Waals surface area contributed by atoms with Crippen LogP contribution in [0.4, 0.5) is 5.69 Å². The zero-order chi connectivity index (χ0) is 13.7. The van der Waals surface area contributed by atoms with Gasteiger partial charge in [0.1, 0.15) is 0 Å². The van der Waals surface area contributed by atoms with E-state index in [-0.39, 0.29) is 5.91 Å². The molecule has 2 N–H and O–H groups in total. The van der Waals surface area contributed by atoms with Gasteiger partial charge >= 0.3 is 0 Å². The maximum Gasteiger partial charge on any atom is 0.248 e. The van der Waals surface area contributed by atoms with E-state index in [9.17, 15) is 4.79 Å². The lowest BCUT2D eigenvalue weighted by atomic mass is 10.0. The highest BCUT2D eigenvalue weighted by Crippen LogP contribution is 2.28. The predicted octanol–water partition coefficient (Wildman–Crippen LogP) is 3.88. The average molecular weight is 319 g/mol. The highest BCUT2D eigenvalue weighted by molar-refractivity contribution is 9.09. The van der Waals surface area contributed by atoms with Crippen molar-refractivity contribution in [3.63, 3.8) is 0 Å². The van der Waals surface area contributed by atoms with Crippen LogP contribution in [-0.4, -0.2) is 16.2 Å². The Morgan fingerprint density at radius 2 is 2.26 bits per heavy atom. The van der Waals surface area contributed by atoms with E-state index >= 15 is 0 Å². The highest BCUT2D eigenvalue weighted by Gasteiger charge is 2.07. The Kier molecular flexibility index (Phi) is 4.58. The van der Waals surface area contributed by atoms with E-state index in [1.165, 1.54) is 6.08 Å². The molecule has 4 heteroatoms. The summed E-state index contributed by atoms with van der Waals surface area (Å²) < 4.78 is 0. The molecule has 1 heterocycles. The fourth-order valence-electron chi connectivity index (χ4n) is 1.90. The Labute approximate surface area is 120 Å². The van der Waals surface area contributed by atoms with E-state index in [0.29, 0.717) is 5.33 Å². The summed E-state index contributed by atoms with van der Waals surface area (Å²) in [5, 5.41) is 3.56. The summed E-state index contributed by atoms with van der Waals surface area (Å²) in [6.07, 6.45) is 7.12. The average Bonchev–Trinajstić information content (AvgIpc) is 2.92. The number of nitrogens with one attached hydrogen (secondary N) is 2. The van der Waals surface area contributed by atoms with Crippen molar-refractivity contribution in [3.05, 3.63) is 54.4 Å². The van der Waals surface area contributed by atoms with Crippen LogP contribution in [-0.2, 0) is 4.79 Å². The smallest absolute Gasteiger partial charge is 0.248 e. The second kappa shape index (κ2) is 6.38. The minimum atomic E-state index is -0.117. The number of rotatable bonds is 4. The van der Waals surface area contributed by atoms with E-state index in [1.54, 1.807) is 6.08 Å². The molecule has 0 saturated heterocycles. The van der Waals surface area contributed by atoms with Crippen LogP contribution in [0.2, 0.25) is 0 Å². The van der Waals surface area contributed by atoms with Crippen LogP contribution in [0.1, 0.15) is 5.56 Å². The van der Waals surface area contributed by atoms with Gasteiger partial charge in [0.15, 0.2) is 0 Å². The van der Waals surface area contributed by atoms with Crippen molar-refractivity contribution in [1.82, 2.24) is 4.98 Å². The fourth-order valence-corrected chi connectivity index (χ4v) is 2.09. The molecule has 0 aliphatic rings. The number of hydrogen-bond donors (Lipinski definition) is 2. The molecular formula is C15H15BrN2O. The van der Waals surface area contributed by atoms with Crippen molar-refractivity contribution in [2.45, 2.75) is 6.92 Å². The molecule has 19 heavy (non-hydrogen) atoms. The maximum atomic E-state index is 11.7.